The Balaban J connectivity index is 1.18. The van der Waals surface area contributed by atoms with Gasteiger partial charge in [0.25, 0.3) is 0 Å². The zero-order valence-electron chi connectivity index (χ0n) is 28.8. The van der Waals surface area contributed by atoms with Gasteiger partial charge in [-0.25, -0.2) is 4.98 Å². The Bertz CT molecular complexity index is 2760. The number of nitrogens with zero attached hydrogens (tertiary/aromatic N) is 2. The summed E-state index contributed by atoms with van der Waals surface area (Å²) in [5, 5.41) is 2.32. The van der Waals surface area contributed by atoms with Gasteiger partial charge in [0, 0.05) is 38.7 Å². The van der Waals surface area contributed by atoms with Crippen molar-refractivity contribution in [2.45, 2.75) is 5.41 Å². The largest absolute Gasteiger partial charge is 0.435 e. The van der Waals surface area contributed by atoms with Crippen LogP contribution in [0.5, 0.6) is 0 Å². The number of rotatable bonds is 6. The van der Waals surface area contributed by atoms with E-state index in [-0.39, 0.29) is 0 Å². The first-order chi connectivity index (χ1) is 26.3. The van der Waals surface area contributed by atoms with Gasteiger partial charge in [-0.2, -0.15) is 0 Å². The molecule has 0 spiro atoms. The minimum atomic E-state index is -0.495. The van der Waals surface area contributed by atoms with Gasteiger partial charge in [-0.05, 0) is 70.3 Å². The molecule has 1 heterocycles. The molecule has 0 aliphatic heterocycles. The minimum Gasteiger partial charge on any atom is -0.435 e. The molecule has 0 saturated heterocycles. The molecule has 248 valence electrons. The molecule has 1 aromatic heterocycles. The Kier molecular flexibility index (Phi) is 6.47. The van der Waals surface area contributed by atoms with E-state index in [1.807, 2.05) is 30.3 Å². The van der Waals surface area contributed by atoms with Gasteiger partial charge in [0.15, 0.2) is 5.76 Å². The highest BCUT2D eigenvalue weighted by Gasteiger charge is 2.47. The predicted octanol–water partition coefficient (Wildman–Crippen LogP) is 13.0. The van der Waals surface area contributed by atoms with Crippen molar-refractivity contribution in [1.29, 1.82) is 0 Å². The van der Waals surface area contributed by atoms with Crippen molar-refractivity contribution in [3.63, 3.8) is 0 Å². The third-order valence-corrected chi connectivity index (χ3v) is 11.1. The Hall–Kier alpha value is -6.97. The molecule has 0 N–H and O–H groups in total. The van der Waals surface area contributed by atoms with Crippen LogP contribution in [0.1, 0.15) is 22.3 Å². The second kappa shape index (κ2) is 11.5. The highest BCUT2D eigenvalue weighted by atomic mass is 16.4. The molecule has 2 aliphatic carbocycles. The number of anilines is 3. The summed E-state index contributed by atoms with van der Waals surface area (Å²) in [4.78, 5) is 7.51. The summed E-state index contributed by atoms with van der Waals surface area (Å²) in [6.07, 6.45) is 0. The van der Waals surface area contributed by atoms with Crippen LogP contribution in [0.25, 0.3) is 55.9 Å². The standard InChI is InChI=1S/C50H32N2O/c1-5-17-33(18-6-1)49-51-47-39-31-32-43(38-26-15-27-40(45(38)39)48(47)53-49)52(36-23-11-4-12-24-36)44-30-16-29-42-46(44)37-25-13-14-28-41(37)50(42,34-19-7-2-8-20-34)35-21-9-3-10-22-35/h1-32H. The second-order valence-electron chi connectivity index (χ2n) is 13.8. The van der Waals surface area contributed by atoms with Crippen molar-refractivity contribution < 1.29 is 4.42 Å². The van der Waals surface area contributed by atoms with Gasteiger partial charge in [0.05, 0.1) is 16.8 Å². The van der Waals surface area contributed by atoms with E-state index in [2.05, 4.69) is 169 Å². The molecule has 0 fully saturated rings. The SMILES string of the molecule is c1ccc(-c2nc3c(o2)-c2cccc4c(N(c5ccccc5)c5cccc6c5-c5ccccc5C6(c5ccccc5)c5ccccc5)ccc-3c24)cc1. The van der Waals surface area contributed by atoms with E-state index in [1.54, 1.807) is 0 Å². The van der Waals surface area contributed by atoms with Crippen LogP contribution in [0.2, 0.25) is 0 Å². The molecule has 0 atom stereocenters. The molecule has 0 unspecified atom stereocenters. The van der Waals surface area contributed by atoms with Crippen molar-refractivity contribution >= 4 is 27.8 Å². The first-order valence-corrected chi connectivity index (χ1v) is 18.1. The zero-order chi connectivity index (χ0) is 34.9. The van der Waals surface area contributed by atoms with E-state index in [0.717, 1.165) is 50.6 Å². The Morgan fingerprint density at radius 1 is 0.453 bits per heavy atom. The van der Waals surface area contributed by atoms with E-state index >= 15 is 0 Å². The quantitative estimate of drug-likeness (QED) is 0.176. The van der Waals surface area contributed by atoms with Crippen LogP contribution in [0.3, 0.4) is 0 Å². The summed E-state index contributed by atoms with van der Waals surface area (Å²) in [7, 11) is 0. The van der Waals surface area contributed by atoms with Gasteiger partial charge in [-0.1, -0.05) is 152 Å². The lowest BCUT2D eigenvalue weighted by Crippen LogP contribution is -2.28. The topological polar surface area (TPSA) is 29.3 Å². The van der Waals surface area contributed by atoms with Crippen LogP contribution in [0.15, 0.2) is 199 Å². The Morgan fingerprint density at radius 2 is 1.06 bits per heavy atom. The smallest absolute Gasteiger partial charge is 0.227 e. The number of aromatic nitrogens is 1. The molecular weight excluding hydrogens is 645 g/mol. The summed E-state index contributed by atoms with van der Waals surface area (Å²) in [6, 6.07) is 69.8. The molecule has 8 aromatic carbocycles. The number of hydrogen-bond acceptors (Lipinski definition) is 3. The normalized spacial score (nSPS) is 13.1. The fourth-order valence-corrected chi connectivity index (χ4v) is 9.01. The van der Waals surface area contributed by atoms with Crippen LogP contribution in [0, 0.1) is 0 Å². The lowest BCUT2D eigenvalue weighted by molar-refractivity contribution is 0.590. The lowest BCUT2D eigenvalue weighted by atomic mass is 9.68. The molecule has 9 aromatic rings. The number of fused-ring (bicyclic) bond motifs is 6. The van der Waals surface area contributed by atoms with Crippen molar-refractivity contribution in [2.24, 2.45) is 0 Å². The average molecular weight is 677 g/mol. The lowest BCUT2D eigenvalue weighted by Gasteiger charge is -2.34. The minimum absolute atomic E-state index is 0.495. The third-order valence-electron chi connectivity index (χ3n) is 11.1. The number of benzene rings is 8. The van der Waals surface area contributed by atoms with Gasteiger partial charge in [0.2, 0.25) is 5.89 Å². The molecule has 0 radical (unpaired) electrons. The summed E-state index contributed by atoms with van der Waals surface area (Å²) >= 11 is 0. The fraction of sp³-hybridized carbons (Fsp3) is 0.0200. The summed E-state index contributed by atoms with van der Waals surface area (Å²) in [6.45, 7) is 0. The molecule has 53 heavy (non-hydrogen) atoms. The first kappa shape index (κ1) is 29.7. The average Bonchev–Trinajstić information content (AvgIpc) is 3.90. The van der Waals surface area contributed by atoms with Crippen LogP contribution in [-0.4, -0.2) is 4.98 Å². The first-order valence-electron chi connectivity index (χ1n) is 18.1. The number of hydrogen-bond donors (Lipinski definition) is 0. The van der Waals surface area contributed by atoms with Gasteiger partial charge >= 0.3 is 0 Å². The van der Waals surface area contributed by atoms with E-state index in [0.29, 0.717) is 5.89 Å². The molecule has 3 nitrogen and oxygen atoms in total. The highest BCUT2D eigenvalue weighted by Crippen LogP contribution is 2.60. The van der Waals surface area contributed by atoms with Crippen molar-refractivity contribution in [3.8, 4) is 45.2 Å². The van der Waals surface area contributed by atoms with Gasteiger partial charge in [0.1, 0.15) is 5.69 Å². The van der Waals surface area contributed by atoms with Crippen LogP contribution in [0.4, 0.5) is 17.1 Å². The third kappa shape index (κ3) is 4.19. The second-order valence-corrected chi connectivity index (χ2v) is 13.8. The summed E-state index contributed by atoms with van der Waals surface area (Å²) < 4.78 is 6.54. The maximum Gasteiger partial charge on any atom is 0.227 e. The Morgan fingerprint density at radius 3 is 1.79 bits per heavy atom. The Labute approximate surface area is 308 Å². The van der Waals surface area contributed by atoms with E-state index in [9.17, 15) is 0 Å². The number of oxazole rings is 1. The maximum atomic E-state index is 6.54. The monoisotopic (exact) mass is 676 g/mol. The molecular formula is C50H32N2O. The van der Waals surface area contributed by atoms with Gasteiger partial charge < -0.3 is 9.32 Å². The van der Waals surface area contributed by atoms with Crippen molar-refractivity contribution in [1.82, 2.24) is 4.98 Å². The summed E-state index contributed by atoms with van der Waals surface area (Å²) in [5.74, 6) is 1.48. The van der Waals surface area contributed by atoms with E-state index in [4.69, 9.17) is 9.40 Å². The molecule has 0 bridgehead atoms. The van der Waals surface area contributed by atoms with Gasteiger partial charge in [-0.3, -0.25) is 0 Å². The molecule has 3 heteroatoms. The van der Waals surface area contributed by atoms with Crippen molar-refractivity contribution in [3.05, 3.63) is 216 Å². The van der Waals surface area contributed by atoms with E-state index < -0.39 is 5.41 Å². The molecule has 2 aliphatic rings. The van der Waals surface area contributed by atoms with Crippen molar-refractivity contribution in [2.75, 3.05) is 4.90 Å². The van der Waals surface area contributed by atoms with Crippen LogP contribution < -0.4 is 4.90 Å². The predicted molar refractivity (Wildman–Crippen MR) is 216 cm³/mol. The fourth-order valence-electron chi connectivity index (χ4n) is 9.01. The summed E-state index contributed by atoms with van der Waals surface area (Å²) in [5.41, 5.74) is 14.4. The van der Waals surface area contributed by atoms with E-state index in [1.165, 1.54) is 38.8 Å². The van der Waals surface area contributed by atoms with Crippen LogP contribution in [-0.2, 0) is 5.41 Å². The number of para-hydroxylation sites is 1. The molecule has 0 amide bonds. The van der Waals surface area contributed by atoms with Gasteiger partial charge in [-0.15, -0.1) is 0 Å². The highest BCUT2D eigenvalue weighted by molar-refractivity contribution is 6.18. The zero-order valence-corrected chi connectivity index (χ0v) is 28.8. The molecule has 11 rings (SSSR count). The molecule has 0 saturated carbocycles. The maximum absolute atomic E-state index is 6.54. The van der Waals surface area contributed by atoms with Crippen LogP contribution >= 0.6 is 0 Å².